The highest BCUT2D eigenvalue weighted by Crippen LogP contribution is 2.34. The van der Waals surface area contributed by atoms with Gasteiger partial charge in [0, 0.05) is 18.1 Å². The van der Waals surface area contributed by atoms with Crippen molar-refractivity contribution in [3.63, 3.8) is 0 Å². The number of fused-ring (bicyclic) bond motifs is 1. The highest BCUT2D eigenvalue weighted by Gasteiger charge is 2.28. The van der Waals surface area contributed by atoms with Crippen LogP contribution in [0.4, 0.5) is 11.4 Å². The van der Waals surface area contributed by atoms with Crippen molar-refractivity contribution in [2.45, 2.75) is 13.3 Å². The van der Waals surface area contributed by atoms with Crippen molar-refractivity contribution in [1.82, 2.24) is 0 Å². The van der Waals surface area contributed by atoms with Gasteiger partial charge in [0.15, 0.2) is 12.4 Å². The highest BCUT2D eigenvalue weighted by atomic mass is 16.5. The zero-order valence-corrected chi connectivity index (χ0v) is 16.5. The SMILES string of the molecule is CCC(=O)c1ccc2c(c1)N(CC(=O)Nc1cc(OC)ccc1OC)C(=O)CO2. The summed E-state index contributed by atoms with van der Waals surface area (Å²) in [5, 5.41) is 2.74. The van der Waals surface area contributed by atoms with Crippen LogP contribution in [-0.2, 0) is 9.59 Å². The zero-order chi connectivity index (χ0) is 21.0. The fraction of sp³-hybridized carbons (Fsp3) is 0.286. The monoisotopic (exact) mass is 398 g/mol. The molecule has 0 saturated carbocycles. The zero-order valence-electron chi connectivity index (χ0n) is 16.5. The number of nitrogens with one attached hydrogen (secondary N) is 1. The average molecular weight is 398 g/mol. The number of ketones is 1. The van der Waals surface area contributed by atoms with Crippen LogP contribution in [0, 0.1) is 0 Å². The fourth-order valence-corrected chi connectivity index (χ4v) is 3.00. The summed E-state index contributed by atoms with van der Waals surface area (Å²) in [6.45, 7) is 1.35. The molecule has 8 heteroatoms. The van der Waals surface area contributed by atoms with Gasteiger partial charge in [0.2, 0.25) is 5.91 Å². The molecule has 0 atom stereocenters. The first kappa shape index (κ1) is 20.2. The van der Waals surface area contributed by atoms with Crippen LogP contribution in [0.2, 0.25) is 0 Å². The van der Waals surface area contributed by atoms with E-state index in [2.05, 4.69) is 5.32 Å². The van der Waals surface area contributed by atoms with E-state index >= 15 is 0 Å². The van der Waals surface area contributed by atoms with E-state index in [-0.39, 0.29) is 24.8 Å². The van der Waals surface area contributed by atoms with Gasteiger partial charge in [-0.1, -0.05) is 6.92 Å². The maximum atomic E-state index is 12.7. The number of nitrogens with zero attached hydrogens (tertiary/aromatic N) is 1. The number of rotatable bonds is 7. The Morgan fingerprint density at radius 1 is 1.14 bits per heavy atom. The van der Waals surface area contributed by atoms with Crippen LogP contribution in [0.15, 0.2) is 36.4 Å². The molecule has 0 fully saturated rings. The molecule has 0 aliphatic carbocycles. The van der Waals surface area contributed by atoms with Crippen LogP contribution in [0.25, 0.3) is 0 Å². The van der Waals surface area contributed by atoms with Crippen LogP contribution in [0.5, 0.6) is 17.2 Å². The minimum absolute atomic E-state index is 0.0589. The molecule has 29 heavy (non-hydrogen) atoms. The van der Waals surface area contributed by atoms with Crippen molar-refractivity contribution in [2.24, 2.45) is 0 Å². The van der Waals surface area contributed by atoms with Crippen LogP contribution in [0.1, 0.15) is 23.7 Å². The van der Waals surface area contributed by atoms with Gasteiger partial charge in [0.05, 0.1) is 25.6 Å². The Hall–Kier alpha value is -3.55. The number of carbonyl (C=O) groups is 3. The van der Waals surface area contributed by atoms with Crippen molar-refractivity contribution >= 4 is 29.0 Å². The van der Waals surface area contributed by atoms with E-state index < -0.39 is 5.91 Å². The first-order valence-corrected chi connectivity index (χ1v) is 9.09. The summed E-state index contributed by atoms with van der Waals surface area (Å²) in [6, 6.07) is 9.89. The Kier molecular flexibility index (Phi) is 6.01. The molecule has 2 aromatic rings. The molecule has 2 aromatic carbocycles. The number of anilines is 2. The lowest BCUT2D eigenvalue weighted by molar-refractivity contribution is -0.123. The van der Waals surface area contributed by atoms with E-state index in [0.29, 0.717) is 40.6 Å². The Labute approximate surface area is 168 Å². The summed E-state index contributed by atoms with van der Waals surface area (Å²) in [5.74, 6) is 0.608. The van der Waals surface area contributed by atoms with E-state index in [1.54, 1.807) is 43.3 Å². The topological polar surface area (TPSA) is 94.2 Å². The molecular weight excluding hydrogens is 376 g/mol. The first-order valence-electron chi connectivity index (χ1n) is 9.09. The Balaban J connectivity index is 1.84. The summed E-state index contributed by atoms with van der Waals surface area (Å²) >= 11 is 0. The van der Waals surface area contributed by atoms with Gasteiger partial charge in [0.25, 0.3) is 5.91 Å². The van der Waals surface area contributed by atoms with E-state index in [0.717, 1.165) is 0 Å². The second kappa shape index (κ2) is 8.64. The fourth-order valence-electron chi connectivity index (χ4n) is 3.00. The Bertz CT molecular complexity index is 956. The number of hydrogen-bond acceptors (Lipinski definition) is 6. The van der Waals surface area contributed by atoms with Gasteiger partial charge < -0.3 is 19.5 Å². The largest absolute Gasteiger partial charge is 0.497 e. The predicted molar refractivity (Wildman–Crippen MR) is 107 cm³/mol. The van der Waals surface area contributed by atoms with E-state index in [1.807, 2.05) is 0 Å². The second-order valence-corrected chi connectivity index (χ2v) is 6.34. The molecule has 3 rings (SSSR count). The summed E-state index contributed by atoms with van der Waals surface area (Å²) in [7, 11) is 3.01. The number of hydrogen-bond donors (Lipinski definition) is 1. The van der Waals surface area contributed by atoms with E-state index in [4.69, 9.17) is 14.2 Å². The average Bonchev–Trinajstić information content (AvgIpc) is 2.74. The standard InChI is InChI=1S/C21H22N2O6/c1-4-17(24)13-5-7-19-16(9-13)23(21(26)12-29-19)11-20(25)22-15-10-14(27-2)6-8-18(15)28-3/h5-10H,4,11-12H2,1-3H3,(H,22,25). The van der Waals surface area contributed by atoms with Gasteiger partial charge in [-0.2, -0.15) is 0 Å². The number of methoxy groups -OCH3 is 2. The minimum atomic E-state index is -0.426. The van der Waals surface area contributed by atoms with Crippen LogP contribution in [-0.4, -0.2) is 45.0 Å². The third-order valence-electron chi connectivity index (χ3n) is 4.53. The molecule has 0 spiro atoms. The minimum Gasteiger partial charge on any atom is -0.497 e. The van der Waals surface area contributed by atoms with Crippen molar-refractivity contribution in [3.8, 4) is 17.2 Å². The van der Waals surface area contributed by atoms with Gasteiger partial charge in [-0.15, -0.1) is 0 Å². The highest BCUT2D eigenvalue weighted by molar-refractivity contribution is 6.06. The lowest BCUT2D eigenvalue weighted by Crippen LogP contribution is -2.43. The third-order valence-corrected chi connectivity index (χ3v) is 4.53. The van der Waals surface area contributed by atoms with Gasteiger partial charge in [0.1, 0.15) is 23.8 Å². The molecule has 152 valence electrons. The van der Waals surface area contributed by atoms with Crippen molar-refractivity contribution in [1.29, 1.82) is 0 Å². The second-order valence-electron chi connectivity index (χ2n) is 6.34. The summed E-state index contributed by atoms with van der Waals surface area (Å²) in [5.41, 5.74) is 1.28. The first-order chi connectivity index (χ1) is 14.0. The van der Waals surface area contributed by atoms with Gasteiger partial charge >= 0.3 is 0 Å². The Morgan fingerprint density at radius 3 is 2.62 bits per heavy atom. The number of ether oxygens (including phenoxy) is 3. The van der Waals surface area contributed by atoms with Crippen LogP contribution >= 0.6 is 0 Å². The van der Waals surface area contributed by atoms with Crippen LogP contribution < -0.4 is 24.4 Å². The third kappa shape index (κ3) is 4.31. The van der Waals surface area contributed by atoms with Crippen molar-refractivity contribution in [3.05, 3.63) is 42.0 Å². The molecule has 0 aromatic heterocycles. The maximum Gasteiger partial charge on any atom is 0.265 e. The number of carbonyl (C=O) groups excluding carboxylic acids is 3. The van der Waals surface area contributed by atoms with E-state index in [9.17, 15) is 14.4 Å². The number of benzene rings is 2. The molecule has 1 aliphatic rings. The molecule has 0 saturated heterocycles. The lowest BCUT2D eigenvalue weighted by atomic mass is 10.1. The summed E-state index contributed by atoms with van der Waals surface area (Å²) in [6.07, 6.45) is 0.337. The van der Waals surface area contributed by atoms with Gasteiger partial charge in [-0.25, -0.2) is 0 Å². The summed E-state index contributed by atoms with van der Waals surface area (Å²) < 4.78 is 15.9. The normalized spacial score (nSPS) is 12.7. The quantitative estimate of drug-likeness (QED) is 0.721. The van der Waals surface area contributed by atoms with Gasteiger partial charge in [-0.05, 0) is 30.3 Å². The molecule has 2 amide bonds. The smallest absolute Gasteiger partial charge is 0.265 e. The number of Topliss-reactive ketones (excluding diaryl/α,β-unsaturated/α-hetero) is 1. The van der Waals surface area contributed by atoms with Crippen molar-refractivity contribution < 1.29 is 28.6 Å². The molecule has 8 nitrogen and oxygen atoms in total. The molecule has 1 heterocycles. The maximum absolute atomic E-state index is 12.7. The Morgan fingerprint density at radius 2 is 1.93 bits per heavy atom. The molecular formula is C21H22N2O6. The van der Waals surface area contributed by atoms with E-state index in [1.165, 1.54) is 19.1 Å². The summed E-state index contributed by atoms with van der Waals surface area (Å²) in [4.78, 5) is 38.4. The molecule has 1 N–H and O–H groups in total. The van der Waals surface area contributed by atoms with Crippen LogP contribution in [0.3, 0.4) is 0 Å². The van der Waals surface area contributed by atoms with Crippen molar-refractivity contribution in [2.75, 3.05) is 37.6 Å². The lowest BCUT2D eigenvalue weighted by Gasteiger charge is -2.29. The molecule has 1 aliphatic heterocycles. The number of amides is 2. The molecule has 0 unspecified atom stereocenters. The van der Waals surface area contributed by atoms with Gasteiger partial charge in [-0.3, -0.25) is 19.3 Å². The molecule has 0 radical (unpaired) electrons. The molecule has 0 bridgehead atoms. The predicted octanol–water partition coefficient (Wildman–Crippen LogP) is 2.66.